The zero-order chi connectivity index (χ0) is 22.4. The second-order valence-corrected chi connectivity index (χ2v) is 9.09. The smallest absolute Gasteiger partial charge is 0.326 e. The van der Waals surface area contributed by atoms with Gasteiger partial charge in [-0.05, 0) is 42.7 Å². The molecule has 0 spiro atoms. The second-order valence-electron chi connectivity index (χ2n) is 7.49. The normalized spacial score (nSPS) is 16.1. The highest BCUT2D eigenvalue weighted by Gasteiger charge is 2.30. The molecule has 1 aliphatic heterocycles. The summed E-state index contributed by atoms with van der Waals surface area (Å²) in [5.41, 5.74) is 0.662. The Kier molecular flexibility index (Phi) is 9.07. The maximum atomic E-state index is 12.5. The van der Waals surface area contributed by atoms with Crippen LogP contribution in [0, 0.1) is 11.8 Å². The van der Waals surface area contributed by atoms with E-state index in [0.717, 1.165) is 4.90 Å². The van der Waals surface area contributed by atoms with E-state index in [1.165, 1.54) is 17.8 Å². The first kappa shape index (κ1) is 24.6. The first-order chi connectivity index (χ1) is 14.1. The number of piperidine rings is 1. The predicted molar refractivity (Wildman–Crippen MR) is 121 cm³/mol. The number of benzene rings is 1. The predicted octanol–water partition coefficient (Wildman–Crippen LogP) is 4.19. The molecule has 1 aliphatic rings. The number of halogens is 2. The first-order valence-electron chi connectivity index (χ1n) is 9.67. The molecule has 0 aromatic heterocycles. The highest BCUT2D eigenvalue weighted by atomic mass is 35.5. The monoisotopic (exact) mass is 472 g/mol. The minimum Gasteiger partial charge on any atom is -0.480 e. The number of thioether (sulfide) groups is 1. The Balaban J connectivity index is 1.93. The van der Waals surface area contributed by atoms with Gasteiger partial charge in [0.25, 0.3) is 0 Å². The molecule has 2 amide bonds. The number of likely N-dealkylation sites (tertiary alicyclic amines) is 1. The maximum Gasteiger partial charge on any atom is 0.326 e. The van der Waals surface area contributed by atoms with Gasteiger partial charge in [-0.15, -0.1) is 11.8 Å². The molecule has 0 unspecified atom stereocenters. The lowest BCUT2D eigenvalue weighted by molar-refractivity contribution is -0.144. The molecule has 30 heavy (non-hydrogen) atoms. The molecule has 0 saturated carbocycles. The molecule has 6 nitrogen and oxygen atoms in total. The van der Waals surface area contributed by atoms with Crippen molar-refractivity contribution in [3.63, 3.8) is 0 Å². The van der Waals surface area contributed by atoms with Crippen molar-refractivity contribution in [3.05, 3.63) is 33.8 Å². The van der Waals surface area contributed by atoms with Crippen LogP contribution in [-0.4, -0.2) is 53.2 Å². The number of carboxylic acid groups (broad SMARTS) is 1. The molecule has 0 radical (unpaired) electrons. The van der Waals surface area contributed by atoms with Crippen molar-refractivity contribution in [2.75, 3.05) is 19.3 Å². The molecule has 2 rings (SSSR count). The van der Waals surface area contributed by atoms with Crippen LogP contribution in [0.2, 0.25) is 10.0 Å². The van der Waals surface area contributed by atoms with Crippen LogP contribution in [0.15, 0.2) is 23.1 Å². The van der Waals surface area contributed by atoms with Crippen LogP contribution in [-0.2, 0) is 14.4 Å². The Morgan fingerprint density at radius 1 is 1.20 bits per heavy atom. The molecule has 164 valence electrons. The van der Waals surface area contributed by atoms with Crippen LogP contribution in [0.4, 0.5) is 0 Å². The number of hydrogen-bond acceptors (Lipinski definition) is 4. The average Bonchev–Trinajstić information content (AvgIpc) is 2.72. The van der Waals surface area contributed by atoms with E-state index in [1.807, 2.05) is 18.4 Å². The fourth-order valence-electron chi connectivity index (χ4n) is 3.25. The lowest BCUT2D eigenvalue weighted by Crippen LogP contribution is -2.49. The summed E-state index contributed by atoms with van der Waals surface area (Å²) < 4.78 is 0. The van der Waals surface area contributed by atoms with Crippen LogP contribution in [0.5, 0.6) is 0 Å². The molecule has 2 N–H and O–H groups in total. The van der Waals surface area contributed by atoms with E-state index < -0.39 is 12.0 Å². The number of carbonyl (C=O) groups excluding carboxylic acids is 2. The second kappa shape index (κ2) is 11.1. The van der Waals surface area contributed by atoms with Gasteiger partial charge in [-0.2, -0.15) is 0 Å². The SMILES string of the molecule is CSc1ccc(/C=C/C(=O)N2CCC(C(=O)N[C@H](C(=O)O)C(C)C)CC2)c(Cl)c1Cl. The Morgan fingerprint density at radius 2 is 1.83 bits per heavy atom. The lowest BCUT2D eigenvalue weighted by Gasteiger charge is -2.31. The third-order valence-corrected chi connectivity index (χ3v) is 6.90. The summed E-state index contributed by atoms with van der Waals surface area (Å²) in [6, 6.07) is 2.76. The number of amides is 2. The topological polar surface area (TPSA) is 86.7 Å². The van der Waals surface area contributed by atoms with Crippen molar-refractivity contribution in [2.24, 2.45) is 11.8 Å². The lowest BCUT2D eigenvalue weighted by atomic mass is 9.94. The molecule has 1 heterocycles. The van der Waals surface area contributed by atoms with Crippen molar-refractivity contribution >= 4 is 58.8 Å². The maximum absolute atomic E-state index is 12.5. The number of nitrogens with one attached hydrogen (secondary N) is 1. The van der Waals surface area contributed by atoms with Gasteiger partial charge in [-0.25, -0.2) is 4.79 Å². The molecule has 1 saturated heterocycles. The fraction of sp³-hybridized carbons (Fsp3) is 0.476. The molecular formula is C21H26Cl2N2O4S. The summed E-state index contributed by atoms with van der Waals surface area (Å²) in [6.07, 6.45) is 5.98. The van der Waals surface area contributed by atoms with Gasteiger partial charge in [-0.1, -0.05) is 43.1 Å². The van der Waals surface area contributed by atoms with E-state index >= 15 is 0 Å². The van der Waals surface area contributed by atoms with Gasteiger partial charge < -0.3 is 15.3 Å². The Morgan fingerprint density at radius 3 is 2.37 bits per heavy atom. The van der Waals surface area contributed by atoms with E-state index in [9.17, 15) is 19.5 Å². The van der Waals surface area contributed by atoms with Crippen molar-refractivity contribution in [1.29, 1.82) is 0 Å². The standard InChI is InChI=1S/C21H26Cl2N2O4S/c1-12(2)19(21(28)29)24-20(27)14-8-10-25(11-9-14)16(26)7-5-13-4-6-15(30-3)18(23)17(13)22/h4-7,12,14,19H,8-11H2,1-3H3,(H,24,27)(H,28,29)/b7-5+/t19-/m0/s1. The largest absolute Gasteiger partial charge is 0.480 e. The first-order valence-corrected chi connectivity index (χ1v) is 11.7. The third kappa shape index (κ3) is 6.15. The number of carbonyl (C=O) groups is 3. The molecule has 1 fully saturated rings. The van der Waals surface area contributed by atoms with Crippen LogP contribution < -0.4 is 5.32 Å². The number of rotatable bonds is 7. The number of aliphatic carboxylic acids is 1. The molecule has 0 bridgehead atoms. The van der Waals surface area contributed by atoms with Crippen molar-refractivity contribution in [2.45, 2.75) is 37.6 Å². The minimum absolute atomic E-state index is 0.166. The van der Waals surface area contributed by atoms with Crippen molar-refractivity contribution in [1.82, 2.24) is 10.2 Å². The van der Waals surface area contributed by atoms with E-state index in [-0.39, 0.29) is 23.7 Å². The van der Waals surface area contributed by atoms with Gasteiger partial charge in [0, 0.05) is 30.0 Å². The number of hydrogen-bond donors (Lipinski definition) is 2. The fourth-order valence-corrected chi connectivity index (χ4v) is 4.42. The Labute approximate surface area is 191 Å². The molecular weight excluding hydrogens is 447 g/mol. The van der Waals surface area contributed by atoms with Crippen LogP contribution in [0.25, 0.3) is 6.08 Å². The summed E-state index contributed by atoms with van der Waals surface area (Å²) in [7, 11) is 0. The Hall–Kier alpha value is -1.70. The van der Waals surface area contributed by atoms with Crippen LogP contribution in [0.1, 0.15) is 32.3 Å². The van der Waals surface area contributed by atoms with Crippen LogP contribution in [0.3, 0.4) is 0 Å². The van der Waals surface area contributed by atoms with Gasteiger partial charge in [0.05, 0.1) is 10.0 Å². The highest BCUT2D eigenvalue weighted by molar-refractivity contribution is 7.98. The molecule has 0 aliphatic carbocycles. The summed E-state index contributed by atoms with van der Waals surface area (Å²) in [6.45, 7) is 4.36. The zero-order valence-corrected chi connectivity index (χ0v) is 19.5. The van der Waals surface area contributed by atoms with E-state index in [4.69, 9.17) is 23.2 Å². The summed E-state index contributed by atoms with van der Waals surface area (Å²) in [5.74, 6) is -1.98. The van der Waals surface area contributed by atoms with Gasteiger partial charge in [-0.3, -0.25) is 9.59 Å². The summed E-state index contributed by atoms with van der Waals surface area (Å²) >= 11 is 14.0. The number of nitrogens with zero attached hydrogens (tertiary/aromatic N) is 1. The molecule has 1 aromatic rings. The quantitative estimate of drug-likeness (QED) is 0.458. The summed E-state index contributed by atoms with van der Waals surface area (Å²) in [4.78, 5) is 38.7. The summed E-state index contributed by atoms with van der Waals surface area (Å²) in [5, 5.41) is 12.7. The molecule has 1 aromatic carbocycles. The van der Waals surface area contributed by atoms with Crippen LogP contribution >= 0.6 is 35.0 Å². The minimum atomic E-state index is -1.04. The Bertz CT molecular complexity index is 837. The van der Waals surface area contributed by atoms with Gasteiger partial charge >= 0.3 is 5.97 Å². The van der Waals surface area contributed by atoms with Crippen molar-refractivity contribution in [3.8, 4) is 0 Å². The van der Waals surface area contributed by atoms with E-state index in [0.29, 0.717) is 41.5 Å². The van der Waals surface area contributed by atoms with Gasteiger partial charge in [0.2, 0.25) is 11.8 Å². The zero-order valence-electron chi connectivity index (χ0n) is 17.2. The van der Waals surface area contributed by atoms with Crippen molar-refractivity contribution < 1.29 is 19.5 Å². The third-order valence-electron chi connectivity index (χ3n) is 5.11. The van der Waals surface area contributed by atoms with E-state index in [1.54, 1.807) is 24.8 Å². The highest BCUT2D eigenvalue weighted by Crippen LogP contribution is 2.35. The van der Waals surface area contributed by atoms with Gasteiger partial charge in [0.15, 0.2) is 0 Å². The molecule has 1 atom stereocenters. The van der Waals surface area contributed by atoms with Gasteiger partial charge in [0.1, 0.15) is 6.04 Å². The van der Waals surface area contributed by atoms with E-state index in [2.05, 4.69) is 5.32 Å². The molecule has 9 heteroatoms. The average molecular weight is 473 g/mol. The number of carboxylic acids is 1.